The second-order valence-electron chi connectivity index (χ2n) is 3.37. The van der Waals surface area contributed by atoms with Crippen molar-refractivity contribution in [1.82, 2.24) is 4.68 Å². The smallest absolute Gasteiger partial charge is 0.327 e. The van der Waals surface area contributed by atoms with E-state index in [4.69, 9.17) is 5.11 Å². The van der Waals surface area contributed by atoms with Crippen LogP contribution in [-0.4, -0.2) is 21.8 Å². The van der Waals surface area contributed by atoms with E-state index in [9.17, 15) is 4.79 Å². The Kier molecular flexibility index (Phi) is 1.96. The number of hydrogen-bond donors (Lipinski definition) is 2. The second-order valence-corrected chi connectivity index (χ2v) is 3.37. The maximum Gasteiger partial charge on any atom is 0.327 e. The molecule has 70 valence electrons. The first-order valence-corrected chi connectivity index (χ1v) is 4.39. The predicted molar refractivity (Wildman–Crippen MR) is 47.9 cm³/mol. The molecular weight excluding hydrogens is 168 g/mol. The van der Waals surface area contributed by atoms with Crippen molar-refractivity contribution >= 4 is 5.97 Å². The quantitative estimate of drug-likeness (QED) is 0.723. The van der Waals surface area contributed by atoms with Gasteiger partial charge in [0.05, 0.1) is 0 Å². The fourth-order valence-electron chi connectivity index (χ4n) is 1.37. The SMILES string of the molecule is O=C(O)C(Nn1cccc1)C1CC1. The summed E-state index contributed by atoms with van der Waals surface area (Å²) in [7, 11) is 0. The van der Waals surface area contributed by atoms with Gasteiger partial charge in [0.1, 0.15) is 6.04 Å². The first kappa shape index (κ1) is 8.16. The maximum atomic E-state index is 10.8. The summed E-state index contributed by atoms with van der Waals surface area (Å²) in [6, 6.07) is 3.28. The molecule has 1 aliphatic rings. The van der Waals surface area contributed by atoms with Gasteiger partial charge in [0.15, 0.2) is 0 Å². The van der Waals surface area contributed by atoms with Crippen LogP contribution in [0.5, 0.6) is 0 Å². The highest BCUT2D eigenvalue weighted by atomic mass is 16.4. The Bertz CT molecular complexity index is 291. The number of rotatable bonds is 4. The fourth-order valence-corrected chi connectivity index (χ4v) is 1.37. The van der Waals surface area contributed by atoms with E-state index >= 15 is 0 Å². The van der Waals surface area contributed by atoms with Crippen molar-refractivity contribution in [3.8, 4) is 0 Å². The first-order valence-electron chi connectivity index (χ1n) is 4.39. The number of nitrogens with zero attached hydrogens (tertiary/aromatic N) is 1. The van der Waals surface area contributed by atoms with Crippen LogP contribution < -0.4 is 5.43 Å². The third-order valence-corrected chi connectivity index (χ3v) is 2.25. The van der Waals surface area contributed by atoms with Gasteiger partial charge in [0.25, 0.3) is 0 Å². The van der Waals surface area contributed by atoms with Gasteiger partial charge in [0, 0.05) is 12.4 Å². The van der Waals surface area contributed by atoms with Crippen LogP contribution in [0.4, 0.5) is 0 Å². The summed E-state index contributed by atoms with van der Waals surface area (Å²) in [5.74, 6) is -0.462. The number of carbonyl (C=O) groups is 1. The highest BCUT2D eigenvalue weighted by molar-refractivity contribution is 5.75. The van der Waals surface area contributed by atoms with Gasteiger partial charge in [-0.15, -0.1) is 0 Å². The van der Waals surface area contributed by atoms with Crippen LogP contribution >= 0.6 is 0 Å². The normalized spacial score (nSPS) is 18.2. The van der Waals surface area contributed by atoms with Crippen molar-refractivity contribution in [2.24, 2.45) is 5.92 Å². The number of nitrogens with one attached hydrogen (secondary N) is 1. The van der Waals surface area contributed by atoms with Gasteiger partial charge in [-0.25, -0.2) is 4.79 Å². The van der Waals surface area contributed by atoms with Gasteiger partial charge in [-0.2, -0.15) is 0 Å². The van der Waals surface area contributed by atoms with Gasteiger partial charge in [-0.3, -0.25) is 4.68 Å². The molecule has 1 aliphatic carbocycles. The number of aromatic nitrogens is 1. The molecule has 2 N–H and O–H groups in total. The molecular formula is C9H12N2O2. The van der Waals surface area contributed by atoms with E-state index in [-0.39, 0.29) is 0 Å². The molecule has 4 nitrogen and oxygen atoms in total. The third kappa shape index (κ3) is 1.83. The van der Waals surface area contributed by atoms with Crippen LogP contribution in [0.15, 0.2) is 24.5 Å². The number of hydrogen-bond acceptors (Lipinski definition) is 2. The molecule has 1 unspecified atom stereocenters. The van der Waals surface area contributed by atoms with E-state index in [1.54, 1.807) is 17.1 Å². The van der Waals surface area contributed by atoms with E-state index in [0.29, 0.717) is 5.92 Å². The average molecular weight is 180 g/mol. The molecule has 0 saturated heterocycles. The highest BCUT2D eigenvalue weighted by Gasteiger charge is 2.36. The minimum Gasteiger partial charge on any atom is -0.480 e. The Labute approximate surface area is 76.1 Å². The standard InChI is InChI=1S/C9H12N2O2/c12-9(13)8(7-3-4-7)10-11-5-1-2-6-11/h1-2,5-8,10H,3-4H2,(H,12,13). The molecule has 13 heavy (non-hydrogen) atoms. The monoisotopic (exact) mass is 180 g/mol. The molecule has 0 amide bonds. The van der Waals surface area contributed by atoms with E-state index in [0.717, 1.165) is 12.8 Å². The van der Waals surface area contributed by atoms with Crippen LogP contribution in [0.1, 0.15) is 12.8 Å². The lowest BCUT2D eigenvalue weighted by atomic mass is 10.2. The van der Waals surface area contributed by atoms with E-state index in [2.05, 4.69) is 5.43 Å². The minimum absolute atomic E-state index is 0.305. The van der Waals surface area contributed by atoms with Crippen molar-refractivity contribution in [2.75, 3.05) is 5.43 Å². The Morgan fingerprint density at radius 2 is 2.08 bits per heavy atom. The molecule has 2 rings (SSSR count). The van der Waals surface area contributed by atoms with Crippen molar-refractivity contribution in [2.45, 2.75) is 18.9 Å². The predicted octanol–water partition coefficient (Wildman–Crippen LogP) is 0.895. The van der Waals surface area contributed by atoms with Crippen LogP contribution in [0.25, 0.3) is 0 Å². The summed E-state index contributed by atoms with van der Waals surface area (Å²) in [5, 5.41) is 8.91. The molecule has 4 heteroatoms. The Morgan fingerprint density at radius 3 is 2.54 bits per heavy atom. The fraction of sp³-hybridized carbons (Fsp3) is 0.444. The number of carboxylic acids is 1. The molecule has 0 radical (unpaired) electrons. The molecule has 1 fully saturated rings. The largest absolute Gasteiger partial charge is 0.480 e. The molecule has 0 spiro atoms. The van der Waals surface area contributed by atoms with Crippen molar-refractivity contribution in [3.05, 3.63) is 24.5 Å². The summed E-state index contributed by atoms with van der Waals surface area (Å²) in [5.41, 5.74) is 2.94. The topological polar surface area (TPSA) is 54.3 Å². The highest BCUT2D eigenvalue weighted by Crippen LogP contribution is 2.33. The summed E-state index contributed by atoms with van der Waals surface area (Å²) in [6.07, 6.45) is 5.65. The van der Waals surface area contributed by atoms with E-state index in [1.807, 2.05) is 12.1 Å². The van der Waals surface area contributed by atoms with Gasteiger partial charge in [-0.1, -0.05) is 0 Å². The van der Waals surface area contributed by atoms with Gasteiger partial charge in [-0.05, 0) is 30.9 Å². The number of carboxylic acid groups (broad SMARTS) is 1. The lowest BCUT2D eigenvalue weighted by Crippen LogP contribution is -2.36. The molecule has 0 aromatic carbocycles. The van der Waals surface area contributed by atoms with Crippen LogP contribution in [-0.2, 0) is 4.79 Å². The molecule has 0 bridgehead atoms. The zero-order valence-corrected chi connectivity index (χ0v) is 7.18. The van der Waals surface area contributed by atoms with Gasteiger partial charge < -0.3 is 10.5 Å². The summed E-state index contributed by atoms with van der Waals surface area (Å²) < 4.78 is 1.69. The Hall–Kier alpha value is -1.45. The lowest BCUT2D eigenvalue weighted by molar-refractivity contribution is -0.138. The summed E-state index contributed by atoms with van der Waals surface area (Å²) in [6.45, 7) is 0. The lowest BCUT2D eigenvalue weighted by Gasteiger charge is -2.15. The Morgan fingerprint density at radius 1 is 1.46 bits per heavy atom. The number of aliphatic carboxylic acids is 1. The van der Waals surface area contributed by atoms with E-state index < -0.39 is 12.0 Å². The first-order chi connectivity index (χ1) is 6.27. The molecule has 0 aliphatic heterocycles. The molecule has 1 aromatic heterocycles. The summed E-state index contributed by atoms with van der Waals surface area (Å²) in [4.78, 5) is 10.8. The molecule has 1 aromatic rings. The maximum absolute atomic E-state index is 10.8. The van der Waals surface area contributed by atoms with Crippen LogP contribution in [0.2, 0.25) is 0 Å². The zero-order valence-electron chi connectivity index (χ0n) is 7.18. The van der Waals surface area contributed by atoms with Crippen molar-refractivity contribution in [3.63, 3.8) is 0 Å². The summed E-state index contributed by atoms with van der Waals surface area (Å²) >= 11 is 0. The van der Waals surface area contributed by atoms with E-state index in [1.165, 1.54) is 0 Å². The molecule has 1 atom stereocenters. The third-order valence-electron chi connectivity index (χ3n) is 2.25. The van der Waals surface area contributed by atoms with Gasteiger partial charge >= 0.3 is 5.97 Å². The van der Waals surface area contributed by atoms with Crippen LogP contribution in [0, 0.1) is 5.92 Å². The minimum atomic E-state index is -0.767. The van der Waals surface area contributed by atoms with Crippen molar-refractivity contribution < 1.29 is 9.90 Å². The average Bonchev–Trinajstić information content (AvgIpc) is 2.79. The van der Waals surface area contributed by atoms with Crippen LogP contribution in [0.3, 0.4) is 0 Å². The Balaban J connectivity index is 2.01. The molecule has 1 heterocycles. The molecule has 1 saturated carbocycles. The zero-order chi connectivity index (χ0) is 9.26. The van der Waals surface area contributed by atoms with Crippen molar-refractivity contribution in [1.29, 1.82) is 0 Å². The second kappa shape index (κ2) is 3.12. The van der Waals surface area contributed by atoms with Gasteiger partial charge in [0.2, 0.25) is 0 Å².